The van der Waals surface area contributed by atoms with E-state index in [9.17, 15) is 18.0 Å². The van der Waals surface area contributed by atoms with E-state index < -0.39 is 11.7 Å². The third kappa shape index (κ3) is 6.96. The standard InChI is InChI=1S/C28H30F3N5O2/c1-16(2)26(20-5-7-21(8-6-20)27(37)34-15-24(32)35-36-33)38-23-13-17(3)25(18(4)14-23)19-9-11-22(12-10-19)28(29,30)31/h5-14,16,26H,15H2,1-4H3,(H,34,37)(H3,32,33,35). The van der Waals surface area contributed by atoms with E-state index in [0.29, 0.717) is 16.9 Å². The molecule has 0 aromatic heterocycles. The number of carbonyl (C=O) groups excluding carboxylic acids is 1. The number of rotatable bonds is 8. The van der Waals surface area contributed by atoms with Gasteiger partial charge >= 0.3 is 6.18 Å². The van der Waals surface area contributed by atoms with E-state index in [2.05, 4.69) is 15.7 Å². The quantitative estimate of drug-likeness (QED) is 0.0988. The summed E-state index contributed by atoms with van der Waals surface area (Å²) in [6.45, 7) is 7.76. The summed E-state index contributed by atoms with van der Waals surface area (Å²) in [6.07, 6.45) is -4.68. The van der Waals surface area contributed by atoms with Gasteiger partial charge < -0.3 is 15.9 Å². The fourth-order valence-corrected chi connectivity index (χ4v) is 4.20. The summed E-state index contributed by atoms with van der Waals surface area (Å²) in [5.74, 6) is 5.12. The number of ether oxygens (including phenoxy) is 1. The second kappa shape index (κ2) is 11.9. The van der Waals surface area contributed by atoms with Crippen LogP contribution in [-0.2, 0) is 6.18 Å². The van der Waals surface area contributed by atoms with Crippen LogP contribution in [0.2, 0.25) is 0 Å². The van der Waals surface area contributed by atoms with Crippen molar-refractivity contribution in [2.24, 2.45) is 22.1 Å². The van der Waals surface area contributed by atoms with E-state index in [1.54, 1.807) is 12.1 Å². The first kappa shape index (κ1) is 28.4. The summed E-state index contributed by atoms with van der Waals surface area (Å²) in [4.78, 5) is 12.4. The number of hydrogen-bond donors (Lipinski definition) is 3. The molecular weight excluding hydrogens is 495 g/mol. The predicted molar refractivity (Wildman–Crippen MR) is 140 cm³/mol. The van der Waals surface area contributed by atoms with E-state index in [-0.39, 0.29) is 30.3 Å². The van der Waals surface area contributed by atoms with Crippen LogP contribution in [0.25, 0.3) is 11.1 Å². The minimum Gasteiger partial charge on any atom is -0.485 e. The molecular formula is C28H30F3N5O2. The third-order valence-corrected chi connectivity index (χ3v) is 5.97. The Hall–Kier alpha value is -4.21. The molecule has 0 spiro atoms. The van der Waals surface area contributed by atoms with E-state index in [4.69, 9.17) is 16.0 Å². The molecule has 0 heterocycles. The fourth-order valence-electron chi connectivity index (χ4n) is 4.20. The minimum atomic E-state index is -4.38. The van der Waals surface area contributed by atoms with Crippen LogP contribution >= 0.6 is 0 Å². The van der Waals surface area contributed by atoms with Gasteiger partial charge in [0.25, 0.3) is 5.91 Å². The van der Waals surface area contributed by atoms with E-state index in [0.717, 1.165) is 34.4 Å². The first-order chi connectivity index (χ1) is 17.9. The molecule has 7 nitrogen and oxygen atoms in total. The van der Waals surface area contributed by atoms with Crippen LogP contribution in [0.5, 0.6) is 5.75 Å². The van der Waals surface area contributed by atoms with Crippen molar-refractivity contribution in [3.8, 4) is 16.9 Å². The topological polar surface area (TPSA) is 113 Å². The molecule has 0 radical (unpaired) electrons. The van der Waals surface area contributed by atoms with Crippen LogP contribution < -0.4 is 15.9 Å². The number of amidine groups is 1. The maximum absolute atomic E-state index is 13.0. The minimum absolute atomic E-state index is 0.0970. The predicted octanol–water partition coefficient (Wildman–Crippen LogP) is 6.80. The maximum Gasteiger partial charge on any atom is 0.416 e. The first-order valence-corrected chi connectivity index (χ1v) is 11.9. The lowest BCUT2D eigenvalue weighted by atomic mass is 9.94. The zero-order valence-electron chi connectivity index (χ0n) is 21.6. The molecule has 0 bridgehead atoms. The summed E-state index contributed by atoms with van der Waals surface area (Å²) in [6, 6.07) is 15.9. The summed E-state index contributed by atoms with van der Waals surface area (Å²) in [5, 5.41) is 16.4. The van der Waals surface area contributed by atoms with Crippen LogP contribution in [0.1, 0.15) is 52.6 Å². The largest absolute Gasteiger partial charge is 0.485 e. The lowest BCUT2D eigenvalue weighted by molar-refractivity contribution is -0.137. The van der Waals surface area contributed by atoms with Gasteiger partial charge in [-0.2, -0.15) is 13.2 Å². The molecule has 0 aliphatic rings. The second-order valence-electron chi connectivity index (χ2n) is 9.26. The van der Waals surface area contributed by atoms with Crippen molar-refractivity contribution in [3.63, 3.8) is 0 Å². The monoisotopic (exact) mass is 525 g/mol. The van der Waals surface area contributed by atoms with Crippen LogP contribution in [0, 0.1) is 25.2 Å². The number of carbonyl (C=O) groups is 1. The normalized spacial score (nSPS) is 12.5. The Kier molecular flexibility index (Phi) is 8.88. The average Bonchev–Trinajstić information content (AvgIpc) is 2.85. The number of nitrogens with two attached hydrogens (primary N) is 1. The number of alkyl halides is 3. The summed E-state index contributed by atoms with van der Waals surface area (Å²) in [5.41, 5.74) is 3.95. The molecule has 0 saturated carbocycles. The number of amides is 1. The first-order valence-electron chi connectivity index (χ1n) is 11.9. The second-order valence-corrected chi connectivity index (χ2v) is 9.26. The van der Waals surface area contributed by atoms with E-state index >= 15 is 0 Å². The Balaban J connectivity index is 1.78. The number of halogens is 3. The number of hydrogen-bond acceptors (Lipinski definition) is 4. The van der Waals surface area contributed by atoms with Gasteiger partial charge in [-0.25, -0.2) is 0 Å². The highest BCUT2D eigenvalue weighted by molar-refractivity contribution is 5.96. The van der Waals surface area contributed by atoms with E-state index in [1.807, 2.05) is 52.0 Å². The highest BCUT2D eigenvalue weighted by Crippen LogP contribution is 2.36. The molecule has 0 fully saturated rings. The molecule has 3 aromatic rings. The molecule has 1 unspecified atom stereocenters. The molecule has 1 atom stereocenters. The van der Waals surface area contributed by atoms with Crippen LogP contribution in [0.4, 0.5) is 13.2 Å². The zero-order valence-corrected chi connectivity index (χ0v) is 21.6. The molecule has 0 saturated heterocycles. The number of aryl methyl sites for hydroxylation is 2. The Labute approximate surface area is 219 Å². The van der Waals surface area contributed by atoms with Crippen molar-refractivity contribution in [3.05, 3.63) is 88.5 Å². The highest BCUT2D eigenvalue weighted by atomic mass is 19.4. The molecule has 10 heteroatoms. The van der Waals surface area contributed by atoms with Crippen molar-refractivity contribution in [2.45, 2.75) is 40.0 Å². The Bertz CT molecular complexity index is 1290. The number of benzene rings is 3. The summed E-state index contributed by atoms with van der Waals surface area (Å²) >= 11 is 0. The van der Waals surface area contributed by atoms with Gasteiger partial charge in [-0.15, -0.1) is 5.11 Å². The van der Waals surface area contributed by atoms with Gasteiger partial charge in [0.1, 0.15) is 11.9 Å². The summed E-state index contributed by atoms with van der Waals surface area (Å²) in [7, 11) is 0. The molecule has 1 amide bonds. The van der Waals surface area contributed by atoms with Gasteiger partial charge in [0.05, 0.1) is 12.1 Å². The third-order valence-electron chi connectivity index (χ3n) is 5.97. The van der Waals surface area contributed by atoms with Gasteiger partial charge in [0.15, 0.2) is 5.84 Å². The van der Waals surface area contributed by atoms with Gasteiger partial charge in [-0.05, 0) is 84.0 Å². The highest BCUT2D eigenvalue weighted by Gasteiger charge is 2.30. The van der Waals surface area contributed by atoms with Crippen molar-refractivity contribution < 1.29 is 22.7 Å². The average molecular weight is 526 g/mol. The number of nitrogens with zero attached hydrogens (tertiary/aromatic N) is 2. The molecule has 200 valence electrons. The van der Waals surface area contributed by atoms with E-state index in [1.165, 1.54) is 12.1 Å². The van der Waals surface area contributed by atoms with Crippen LogP contribution in [-0.4, -0.2) is 18.3 Å². The van der Waals surface area contributed by atoms with Crippen molar-refractivity contribution in [1.82, 2.24) is 5.32 Å². The molecule has 0 aliphatic heterocycles. The fraction of sp³-hybridized carbons (Fsp3) is 0.286. The molecule has 4 N–H and O–H groups in total. The van der Waals surface area contributed by atoms with Crippen molar-refractivity contribution >= 4 is 11.7 Å². The lowest BCUT2D eigenvalue weighted by Gasteiger charge is -2.24. The maximum atomic E-state index is 13.0. The SMILES string of the molecule is Cc1cc(OC(c2ccc(C(=O)NCC(=N)N=NN)cc2)C(C)C)cc(C)c1-c1ccc(C(F)(F)F)cc1. The Morgan fingerprint density at radius 3 is 2.11 bits per heavy atom. The van der Waals surface area contributed by atoms with Crippen LogP contribution in [0.3, 0.4) is 0 Å². The zero-order chi connectivity index (χ0) is 28.0. The van der Waals surface area contributed by atoms with Crippen molar-refractivity contribution in [2.75, 3.05) is 6.54 Å². The molecule has 3 rings (SSSR count). The smallest absolute Gasteiger partial charge is 0.416 e. The Morgan fingerprint density at radius 2 is 1.61 bits per heavy atom. The van der Waals surface area contributed by atoms with Crippen molar-refractivity contribution in [1.29, 1.82) is 5.41 Å². The Morgan fingerprint density at radius 1 is 1.03 bits per heavy atom. The number of nitrogens with one attached hydrogen (secondary N) is 2. The lowest BCUT2D eigenvalue weighted by Crippen LogP contribution is -2.28. The molecule has 0 aliphatic carbocycles. The molecule has 38 heavy (non-hydrogen) atoms. The van der Waals surface area contributed by atoms with Gasteiger partial charge in [-0.3, -0.25) is 10.2 Å². The van der Waals surface area contributed by atoms with Gasteiger partial charge in [-0.1, -0.05) is 43.3 Å². The van der Waals surface area contributed by atoms with Gasteiger partial charge in [0, 0.05) is 5.56 Å². The summed E-state index contributed by atoms with van der Waals surface area (Å²) < 4.78 is 45.2. The van der Waals surface area contributed by atoms with Crippen LogP contribution in [0.15, 0.2) is 71.0 Å². The van der Waals surface area contributed by atoms with Gasteiger partial charge in [0.2, 0.25) is 0 Å². The molecule has 3 aromatic carbocycles.